The summed E-state index contributed by atoms with van der Waals surface area (Å²) in [7, 11) is 0. The third kappa shape index (κ3) is 3.24. The van der Waals surface area contributed by atoms with Crippen LogP contribution in [0, 0.1) is 11.8 Å². The van der Waals surface area contributed by atoms with Gasteiger partial charge >= 0.3 is 0 Å². The van der Waals surface area contributed by atoms with E-state index in [4.69, 9.17) is 0 Å². The van der Waals surface area contributed by atoms with Gasteiger partial charge in [0.2, 0.25) is 0 Å². The van der Waals surface area contributed by atoms with Crippen molar-refractivity contribution in [3.8, 4) is 0 Å². The second kappa shape index (κ2) is 10.0. The van der Waals surface area contributed by atoms with Gasteiger partial charge in [-0.1, -0.05) is 61.7 Å². The fourth-order valence-corrected chi connectivity index (χ4v) is 14.6. The van der Waals surface area contributed by atoms with Gasteiger partial charge in [0.25, 0.3) is 0 Å². The zero-order chi connectivity index (χ0) is 33.6. The lowest BCUT2D eigenvalue weighted by atomic mass is 9.56. The van der Waals surface area contributed by atoms with Crippen LogP contribution in [0.25, 0.3) is 0 Å². The second-order valence-electron chi connectivity index (χ2n) is 17.2. The molecule has 6 fully saturated rings. The summed E-state index contributed by atoms with van der Waals surface area (Å²) in [5, 5.41) is 20.9. The van der Waals surface area contributed by atoms with Gasteiger partial charge in [-0.15, -0.1) is 0 Å². The van der Waals surface area contributed by atoms with E-state index in [1.165, 1.54) is 33.6 Å². The second-order valence-corrected chi connectivity index (χ2v) is 17.2. The molecule has 2 aliphatic carbocycles. The van der Waals surface area contributed by atoms with E-state index in [2.05, 4.69) is 108 Å². The molecule has 2 spiro atoms. The van der Waals surface area contributed by atoms with Crippen LogP contribution >= 0.6 is 0 Å². The van der Waals surface area contributed by atoms with Crippen molar-refractivity contribution in [1.29, 1.82) is 0 Å². The Bertz CT molecular complexity index is 1850. The highest BCUT2D eigenvalue weighted by molar-refractivity contribution is 5.77. The Morgan fingerprint density at radius 2 is 1.12 bits per heavy atom. The standard InChI is InChI=1S/C44H50N4O2/c1-3-17-47-19-15-43-35-9-5-7-11-37(35)45-26-34-32-24-40-44(16-20-48(40,18-4-2)28-30(32)14-22-50)36-10-6-8-12-38(36)46(42(34)44)25-33(41(43)45)31(23-39(43)47)29(27-47)13-21-49/h3-14,25-26,31-32,39-42,49-50H,1-2,15-24,27-28H2/q+2/b29-13+,30-14+,33-25-,34-26-/t31-,32+,39-,40-,41?,42?,43+,44+,47-,48-/m0/s1. The molecule has 4 bridgehead atoms. The molecule has 7 aliphatic heterocycles. The Hall–Kier alpha value is -3.68. The van der Waals surface area contributed by atoms with E-state index in [1.54, 1.807) is 11.1 Å². The Morgan fingerprint density at radius 1 is 0.680 bits per heavy atom. The van der Waals surface area contributed by atoms with Crippen LogP contribution in [0.3, 0.4) is 0 Å². The lowest BCUT2D eigenvalue weighted by Gasteiger charge is -2.59. The van der Waals surface area contributed by atoms with Crippen molar-refractivity contribution in [2.45, 2.75) is 60.7 Å². The van der Waals surface area contributed by atoms with Crippen molar-refractivity contribution in [1.82, 2.24) is 0 Å². The Morgan fingerprint density at radius 3 is 1.54 bits per heavy atom. The van der Waals surface area contributed by atoms with Crippen LogP contribution in [0.15, 0.2) is 121 Å². The number of anilines is 2. The lowest BCUT2D eigenvalue weighted by molar-refractivity contribution is -0.937. The van der Waals surface area contributed by atoms with Crippen molar-refractivity contribution < 1.29 is 19.2 Å². The number of para-hydroxylation sites is 2. The minimum Gasteiger partial charge on any atom is -0.392 e. The molecule has 6 nitrogen and oxygen atoms in total. The number of hydrogen-bond acceptors (Lipinski definition) is 4. The van der Waals surface area contributed by atoms with E-state index in [9.17, 15) is 10.2 Å². The SMILES string of the molecule is C=CC[N@@+]12CC[C@]34c5ccccc5N5/C=C6\C7N(/C=C(\C53)[C@H](C[C@@H]41)/C(=C/CO)C2)c1ccccc1[C@@]71CC[N@@+]2(CC=C)C/C(=C\CO)[C@@H]6C[C@@H]12. The molecule has 256 valence electrons. The molecule has 9 aliphatic rings. The predicted octanol–water partition coefficient (Wildman–Crippen LogP) is 5.48. The van der Waals surface area contributed by atoms with Gasteiger partial charge in [0.05, 0.1) is 62.3 Å². The number of hydrogen-bond donors (Lipinski definition) is 2. The maximum atomic E-state index is 10.5. The molecule has 50 heavy (non-hydrogen) atoms. The zero-order valence-corrected chi connectivity index (χ0v) is 29.1. The zero-order valence-electron chi connectivity index (χ0n) is 29.1. The largest absolute Gasteiger partial charge is 0.392 e. The molecule has 0 amide bonds. The topological polar surface area (TPSA) is 46.9 Å². The van der Waals surface area contributed by atoms with E-state index in [0.717, 1.165) is 73.9 Å². The number of benzene rings is 2. The first kappa shape index (κ1) is 30.0. The Balaban J connectivity index is 1.22. The first-order valence-electron chi connectivity index (χ1n) is 19.2. The molecular formula is C44H50N4O2+2. The highest BCUT2D eigenvalue weighted by atomic mass is 16.3. The maximum Gasteiger partial charge on any atom is 0.103 e. The molecule has 2 saturated carbocycles. The molecule has 2 N–H and O–H groups in total. The number of fused-ring (bicyclic) bond motifs is 8. The van der Waals surface area contributed by atoms with Crippen LogP contribution < -0.4 is 9.80 Å². The summed E-state index contributed by atoms with van der Waals surface area (Å²) in [4.78, 5) is 5.54. The third-order valence-electron chi connectivity index (χ3n) is 15.9. The smallest absolute Gasteiger partial charge is 0.103 e. The van der Waals surface area contributed by atoms with Crippen molar-refractivity contribution in [2.75, 3.05) is 62.3 Å². The van der Waals surface area contributed by atoms with E-state index in [1.807, 2.05) is 0 Å². The van der Waals surface area contributed by atoms with Crippen LogP contribution in [0.4, 0.5) is 11.4 Å². The average molecular weight is 667 g/mol. The predicted molar refractivity (Wildman–Crippen MR) is 198 cm³/mol. The van der Waals surface area contributed by atoms with Gasteiger partial charge < -0.3 is 29.0 Å². The summed E-state index contributed by atoms with van der Waals surface area (Å²) in [6.07, 6.45) is 18.6. The van der Waals surface area contributed by atoms with Crippen LogP contribution in [0.1, 0.15) is 36.8 Å². The maximum absolute atomic E-state index is 10.5. The molecule has 10 atom stereocenters. The first-order chi connectivity index (χ1) is 24.5. The summed E-state index contributed by atoms with van der Waals surface area (Å²) >= 11 is 0. The highest BCUT2D eigenvalue weighted by Crippen LogP contribution is 2.69. The van der Waals surface area contributed by atoms with Gasteiger partial charge in [0, 0.05) is 61.3 Å². The summed E-state index contributed by atoms with van der Waals surface area (Å²) in [6.45, 7) is 15.0. The van der Waals surface area contributed by atoms with Crippen molar-refractivity contribution in [2.24, 2.45) is 11.8 Å². The lowest BCUT2D eigenvalue weighted by Crippen LogP contribution is -2.69. The monoisotopic (exact) mass is 666 g/mol. The molecule has 0 radical (unpaired) electrons. The van der Waals surface area contributed by atoms with E-state index in [-0.39, 0.29) is 36.1 Å². The highest BCUT2D eigenvalue weighted by Gasteiger charge is 2.75. The molecule has 0 aromatic heterocycles. The van der Waals surface area contributed by atoms with Gasteiger partial charge in [-0.3, -0.25) is 0 Å². The molecule has 2 aromatic carbocycles. The van der Waals surface area contributed by atoms with E-state index < -0.39 is 0 Å². The minimum atomic E-state index is 0.0183. The van der Waals surface area contributed by atoms with Gasteiger partial charge in [-0.2, -0.15) is 0 Å². The molecule has 11 rings (SSSR count). The van der Waals surface area contributed by atoms with Gasteiger partial charge in [-0.25, -0.2) is 0 Å². The van der Waals surface area contributed by atoms with Crippen LogP contribution in [0.5, 0.6) is 0 Å². The fourth-order valence-electron chi connectivity index (χ4n) is 14.6. The molecule has 2 unspecified atom stereocenters. The molecule has 6 heteroatoms. The number of piperidine rings is 2. The summed E-state index contributed by atoms with van der Waals surface area (Å²) in [6, 6.07) is 20.3. The summed E-state index contributed by atoms with van der Waals surface area (Å²) in [5.41, 5.74) is 11.8. The summed E-state index contributed by atoms with van der Waals surface area (Å²) in [5.74, 6) is 0.615. The molecule has 4 saturated heterocycles. The van der Waals surface area contributed by atoms with E-state index in [0.29, 0.717) is 23.9 Å². The van der Waals surface area contributed by atoms with Crippen molar-refractivity contribution >= 4 is 11.4 Å². The fraction of sp³-hybridized carbons (Fsp3) is 0.455. The van der Waals surface area contributed by atoms with Crippen LogP contribution in [0.2, 0.25) is 0 Å². The Kier molecular flexibility index (Phi) is 6.00. The number of rotatable bonds is 6. The number of aliphatic hydroxyl groups excluding tert-OH is 2. The van der Waals surface area contributed by atoms with Crippen molar-refractivity contribution in [3.05, 3.63) is 132 Å². The number of aliphatic hydroxyl groups is 2. The minimum absolute atomic E-state index is 0.0183. The van der Waals surface area contributed by atoms with E-state index >= 15 is 0 Å². The van der Waals surface area contributed by atoms with Crippen molar-refractivity contribution in [3.63, 3.8) is 0 Å². The van der Waals surface area contributed by atoms with Gasteiger partial charge in [0.1, 0.15) is 25.2 Å². The summed E-state index contributed by atoms with van der Waals surface area (Å²) < 4.78 is 2.12. The molecule has 2 aromatic rings. The normalized spacial score (nSPS) is 45.5. The average Bonchev–Trinajstić information content (AvgIpc) is 3.81. The first-order valence-corrected chi connectivity index (χ1v) is 19.2. The molecule has 7 heterocycles. The van der Waals surface area contributed by atoms with Gasteiger partial charge in [-0.05, 0) is 57.7 Å². The number of quaternary nitrogens is 2. The third-order valence-corrected chi connectivity index (χ3v) is 15.9. The van der Waals surface area contributed by atoms with Gasteiger partial charge in [0.15, 0.2) is 0 Å². The van der Waals surface area contributed by atoms with Crippen LogP contribution in [-0.4, -0.2) is 95.8 Å². The van der Waals surface area contributed by atoms with Crippen LogP contribution in [-0.2, 0) is 10.8 Å². The number of nitrogens with zero attached hydrogens (tertiary/aromatic N) is 4. The molecular weight excluding hydrogens is 617 g/mol. The Labute approximate surface area is 296 Å². The quantitative estimate of drug-likeness (QED) is 0.317.